The summed E-state index contributed by atoms with van der Waals surface area (Å²) in [5.74, 6) is -0.303. The zero-order valence-corrected chi connectivity index (χ0v) is 17.9. The highest BCUT2D eigenvalue weighted by atomic mass is 35.5. The number of aryl methyl sites for hydroxylation is 1. The molecule has 0 aliphatic rings. The van der Waals surface area contributed by atoms with Crippen LogP contribution in [0.4, 0.5) is 0 Å². The van der Waals surface area contributed by atoms with E-state index in [0.29, 0.717) is 11.6 Å². The summed E-state index contributed by atoms with van der Waals surface area (Å²) < 4.78 is 27.6. The van der Waals surface area contributed by atoms with E-state index in [1.807, 2.05) is 31.2 Å². The minimum absolute atomic E-state index is 0.115. The van der Waals surface area contributed by atoms with Crippen LogP contribution in [0.25, 0.3) is 0 Å². The van der Waals surface area contributed by atoms with Crippen LogP contribution in [0.1, 0.15) is 37.3 Å². The van der Waals surface area contributed by atoms with Crippen molar-refractivity contribution in [1.82, 2.24) is 9.62 Å². The van der Waals surface area contributed by atoms with Crippen LogP contribution in [0.5, 0.6) is 0 Å². The maximum Gasteiger partial charge on any atom is 0.243 e. The molecule has 0 saturated heterocycles. The average molecular weight is 423 g/mol. The van der Waals surface area contributed by atoms with Crippen LogP contribution in [-0.4, -0.2) is 31.7 Å². The lowest BCUT2D eigenvalue weighted by molar-refractivity contribution is -0.121. The first-order chi connectivity index (χ1) is 13.3. The Labute approximate surface area is 172 Å². The van der Waals surface area contributed by atoms with Crippen molar-refractivity contribution < 1.29 is 13.2 Å². The third-order valence-electron chi connectivity index (χ3n) is 4.48. The smallest absolute Gasteiger partial charge is 0.243 e. The lowest BCUT2D eigenvalue weighted by Crippen LogP contribution is -2.40. The number of hydrogen-bond acceptors (Lipinski definition) is 3. The van der Waals surface area contributed by atoms with E-state index in [4.69, 9.17) is 11.6 Å². The second-order valence-electron chi connectivity index (χ2n) is 6.71. The Morgan fingerprint density at radius 3 is 2.39 bits per heavy atom. The first-order valence-electron chi connectivity index (χ1n) is 9.41. The largest absolute Gasteiger partial charge is 0.355 e. The third kappa shape index (κ3) is 6.33. The topological polar surface area (TPSA) is 66.5 Å². The maximum absolute atomic E-state index is 13.2. The quantitative estimate of drug-likeness (QED) is 0.585. The fourth-order valence-electron chi connectivity index (χ4n) is 2.78. The van der Waals surface area contributed by atoms with E-state index in [9.17, 15) is 13.2 Å². The van der Waals surface area contributed by atoms with Crippen LogP contribution < -0.4 is 5.32 Å². The molecule has 0 unspecified atom stereocenters. The summed E-state index contributed by atoms with van der Waals surface area (Å²) in [6.45, 7) is 4.45. The Bertz CT molecular complexity index is 883. The van der Waals surface area contributed by atoms with Gasteiger partial charge in [0.1, 0.15) is 0 Å². The monoisotopic (exact) mass is 422 g/mol. The highest BCUT2D eigenvalue weighted by Gasteiger charge is 2.27. The van der Waals surface area contributed by atoms with E-state index >= 15 is 0 Å². The number of sulfonamides is 1. The van der Waals surface area contributed by atoms with Crippen molar-refractivity contribution in [3.05, 3.63) is 64.7 Å². The molecule has 0 aliphatic heterocycles. The summed E-state index contributed by atoms with van der Waals surface area (Å²) in [5, 5.41) is 3.27. The molecule has 0 aliphatic carbocycles. The summed E-state index contributed by atoms with van der Waals surface area (Å²) in [4.78, 5) is 12.5. The molecule has 2 aromatic rings. The van der Waals surface area contributed by atoms with Gasteiger partial charge in [0.2, 0.25) is 15.9 Å². The second-order valence-corrected chi connectivity index (χ2v) is 9.08. The van der Waals surface area contributed by atoms with Crippen molar-refractivity contribution in [2.45, 2.75) is 44.6 Å². The van der Waals surface area contributed by atoms with Gasteiger partial charge in [-0.3, -0.25) is 4.79 Å². The molecular weight excluding hydrogens is 396 g/mol. The molecule has 1 amide bonds. The van der Waals surface area contributed by atoms with Gasteiger partial charge < -0.3 is 5.32 Å². The van der Waals surface area contributed by atoms with Crippen molar-refractivity contribution in [3.8, 4) is 0 Å². The van der Waals surface area contributed by atoms with E-state index in [-0.39, 0.29) is 23.9 Å². The van der Waals surface area contributed by atoms with Gasteiger partial charge >= 0.3 is 0 Å². The average Bonchev–Trinajstić information content (AvgIpc) is 2.66. The molecule has 0 atom stereocenters. The summed E-state index contributed by atoms with van der Waals surface area (Å²) >= 11 is 5.89. The Balaban J connectivity index is 2.23. The molecule has 0 spiro atoms. The molecule has 7 heteroatoms. The molecule has 0 fully saturated rings. The lowest BCUT2D eigenvalue weighted by Gasteiger charge is -2.23. The molecule has 5 nitrogen and oxygen atoms in total. The van der Waals surface area contributed by atoms with Crippen molar-refractivity contribution in [1.29, 1.82) is 0 Å². The molecule has 0 bridgehead atoms. The van der Waals surface area contributed by atoms with E-state index in [2.05, 4.69) is 12.2 Å². The standard InChI is InChI=1S/C21H27ClN2O3S/c1-3-4-7-14-23-21(25)16-24(15-18-9-6-5-8-17(18)2)28(26,27)20-12-10-19(22)11-13-20/h5-6,8-13H,3-4,7,14-16H2,1-2H3,(H,23,25). The number of hydrogen-bond donors (Lipinski definition) is 1. The molecule has 1 N–H and O–H groups in total. The predicted octanol–water partition coefficient (Wildman–Crippen LogP) is 4.15. The van der Waals surface area contributed by atoms with Crippen molar-refractivity contribution in [2.75, 3.05) is 13.1 Å². The van der Waals surface area contributed by atoms with E-state index < -0.39 is 10.0 Å². The van der Waals surface area contributed by atoms with E-state index in [0.717, 1.165) is 30.4 Å². The van der Waals surface area contributed by atoms with Crippen LogP contribution in [-0.2, 0) is 21.4 Å². The van der Waals surface area contributed by atoms with Gasteiger partial charge in [-0.15, -0.1) is 0 Å². The predicted molar refractivity (Wildman–Crippen MR) is 113 cm³/mol. The van der Waals surface area contributed by atoms with E-state index in [1.165, 1.54) is 28.6 Å². The SMILES string of the molecule is CCCCCNC(=O)CN(Cc1ccccc1C)S(=O)(=O)c1ccc(Cl)cc1. The first kappa shape index (κ1) is 22.4. The molecule has 28 heavy (non-hydrogen) atoms. The molecule has 0 heterocycles. The number of benzene rings is 2. The van der Waals surface area contributed by atoms with Crippen molar-refractivity contribution >= 4 is 27.5 Å². The van der Waals surface area contributed by atoms with Gasteiger partial charge in [-0.05, 0) is 48.7 Å². The zero-order chi connectivity index (χ0) is 20.6. The van der Waals surface area contributed by atoms with Gasteiger partial charge in [0.15, 0.2) is 0 Å². The minimum atomic E-state index is -3.85. The number of carbonyl (C=O) groups is 1. The zero-order valence-electron chi connectivity index (χ0n) is 16.3. The summed E-state index contributed by atoms with van der Waals surface area (Å²) in [6.07, 6.45) is 2.96. The summed E-state index contributed by atoms with van der Waals surface area (Å²) in [5.41, 5.74) is 1.83. The van der Waals surface area contributed by atoms with Crippen molar-refractivity contribution in [3.63, 3.8) is 0 Å². The molecule has 0 radical (unpaired) electrons. The van der Waals surface area contributed by atoms with Crippen LogP contribution in [0.3, 0.4) is 0 Å². The molecule has 152 valence electrons. The Hall–Kier alpha value is -1.89. The van der Waals surface area contributed by atoms with Crippen LogP contribution in [0.2, 0.25) is 5.02 Å². The molecular formula is C21H27ClN2O3S. The molecule has 2 rings (SSSR count). The highest BCUT2D eigenvalue weighted by molar-refractivity contribution is 7.89. The van der Waals surface area contributed by atoms with Gasteiger partial charge in [0.25, 0.3) is 0 Å². The number of rotatable bonds is 10. The fourth-order valence-corrected chi connectivity index (χ4v) is 4.28. The molecule has 0 saturated carbocycles. The fraction of sp³-hybridized carbons (Fsp3) is 0.381. The minimum Gasteiger partial charge on any atom is -0.355 e. The Kier molecular flexibility index (Phi) is 8.48. The number of amides is 1. The lowest BCUT2D eigenvalue weighted by atomic mass is 10.1. The van der Waals surface area contributed by atoms with Gasteiger partial charge in [0.05, 0.1) is 11.4 Å². The van der Waals surface area contributed by atoms with Crippen LogP contribution in [0, 0.1) is 6.92 Å². The normalized spacial score (nSPS) is 11.6. The third-order valence-corrected chi connectivity index (χ3v) is 6.54. The number of nitrogens with one attached hydrogen (secondary N) is 1. The first-order valence-corrected chi connectivity index (χ1v) is 11.2. The molecule has 0 aromatic heterocycles. The van der Waals surface area contributed by atoms with Gasteiger partial charge in [-0.25, -0.2) is 8.42 Å². The maximum atomic E-state index is 13.2. The Morgan fingerprint density at radius 2 is 1.75 bits per heavy atom. The van der Waals surface area contributed by atoms with Crippen LogP contribution in [0.15, 0.2) is 53.4 Å². The number of carbonyl (C=O) groups excluding carboxylic acids is 1. The second kappa shape index (κ2) is 10.6. The summed E-state index contributed by atoms with van der Waals surface area (Å²) in [7, 11) is -3.85. The Morgan fingerprint density at radius 1 is 1.07 bits per heavy atom. The number of nitrogens with zero attached hydrogens (tertiary/aromatic N) is 1. The van der Waals surface area contributed by atoms with Crippen molar-refractivity contribution in [2.24, 2.45) is 0 Å². The number of halogens is 1. The van der Waals surface area contributed by atoms with Gasteiger partial charge in [-0.1, -0.05) is 55.6 Å². The van der Waals surface area contributed by atoms with Gasteiger partial charge in [-0.2, -0.15) is 4.31 Å². The van der Waals surface area contributed by atoms with Crippen LogP contribution >= 0.6 is 11.6 Å². The van der Waals surface area contributed by atoms with E-state index in [1.54, 1.807) is 0 Å². The highest BCUT2D eigenvalue weighted by Crippen LogP contribution is 2.21. The summed E-state index contributed by atoms with van der Waals surface area (Å²) in [6, 6.07) is 13.5. The molecule has 2 aromatic carbocycles. The number of unbranched alkanes of at least 4 members (excludes halogenated alkanes) is 2. The van der Waals surface area contributed by atoms with Gasteiger partial charge in [0, 0.05) is 18.1 Å².